The molecular weight excluding hydrogens is 452 g/mol. The van der Waals surface area contributed by atoms with Crippen LogP contribution in [0.4, 0.5) is 0 Å². The van der Waals surface area contributed by atoms with Crippen LogP contribution < -0.4 is 0 Å². The Labute approximate surface area is 218 Å². The summed E-state index contributed by atoms with van der Waals surface area (Å²) >= 11 is 0. The third-order valence-electron chi connectivity index (χ3n) is 7.62. The topological polar surface area (TPSA) is 65.4 Å². The van der Waals surface area contributed by atoms with Crippen molar-refractivity contribution in [2.24, 2.45) is 0 Å². The van der Waals surface area contributed by atoms with Gasteiger partial charge < -0.3 is 29.5 Å². The monoisotopic (exact) mass is 500 g/mol. The molecule has 0 saturated carbocycles. The van der Waals surface area contributed by atoms with Crippen molar-refractivity contribution in [2.45, 2.75) is 65.6 Å². The quantitative estimate of drug-likeness (QED) is 0.289. The zero-order valence-electron chi connectivity index (χ0n) is 23.3. The maximum Gasteiger partial charge on any atom is 0.126 e. The number of phenols is 2. The fourth-order valence-corrected chi connectivity index (χ4v) is 5.29. The van der Waals surface area contributed by atoms with Crippen molar-refractivity contribution in [1.29, 1.82) is 0 Å². The Kier molecular flexibility index (Phi) is 12.2. The Morgan fingerprint density at radius 2 is 0.861 bits per heavy atom. The number of hydrogen-bond acceptors (Lipinski definition) is 6. The second-order valence-electron chi connectivity index (χ2n) is 9.21. The molecule has 0 aromatic heterocycles. The summed E-state index contributed by atoms with van der Waals surface area (Å²) in [7, 11) is 0. The molecule has 0 aliphatic heterocycles. The summed E-state index contributed by atoms with van der Waals surface area (Å²) in [5, 5.41) is 20.1. The van der Waals surface area contributed by atoms with Gasteiger partial charge in [0.15, 0.2) is 0 Å². The van der Waals surface area contributed by atoms with Gasteiger partial charge in [0, 0.05) is 13.1 Å². The Hall–Kier alpha value is -2.12. The molecular formula is C30H48N2O4. The first-order valence-corrected chi connectivity index (χ1v) is 13.7. The SMILES string of the molecule is CCN(CC)CCO[C@@](CC)(c1ccc(O)cc1)[C@](CC)(OCCN(CC)CC)c1ccc(O)cc1. The van der Waals surface area contributed by atoms with Crippen LogP contribution in [0.25, 0.3) is 0 Å². The minimum atomic E-state index is -0.803. The van der Waals surface area contributed by atoms with E-state index in [1.54, 1.807) is 24.3 Å². The van der Waals surface area contributed by atoms with Gasteiger partial charge in [-0.05, 0) is 74.4 Å². The van der Waals surface area contributed by atoms with Crippen molar-refractivity contribution >= 4 is 0 Å². The smallest absolute Gasteiger partial charge is 0.126 e. The van der Waals surface area contributed by atoms with Gasteiger partial charge in [0.2, 0.25) is 0 Å². The molecule has 2 rings (SSSR count). The van der Waals surface area contributed by atoms with Gasteiger partial charge in [0.25, 0.3) is 0 Å². The first kappa shape index (κ1) is 30.1. The van der Waals surface area contributed by atoms with Crippen LogP contribution in [0.15, 0.2) is 48.5 Å². The minimum Gasteiger partial charge on any atom is -0.508 e. The number of nitrogens with zero attached hydrogens (tertiary/aromatic N) is 2. The molecule has 0 saturated heterocycles. The fraction of sp³-hybridized carbons (Fsp3) is 0.600. The average molecular weight is 501 g/mol. The molecule has 0 unspecified atom stereocenters. The van der Waals surface area contributed by atoms with Crippen molar-refractivity contribution < 1.29 is 19.7 Å². The summed E-state index contributed by atoms with van der Waals surface area (Å²) in [5.74, 6) is 0.446. The maximum absolute atomic E-state index is 10.1. The lowest BCUT2D eigenvalue weighted by Gasteiger charge is -2.50. The fourth-order valence-electron chi connectivity index (χ4n) is 5.29. The standard InChI is InChI=1S/C30H48N2O4/c1-7-29(25-13-17-27(33)18-14-25,35-23-21-31(9-3)10-4)30(8-2,26-15-19-28(34)20-16-26)36-24-22-32(11-5)12-6/h13-20,33-34H,7-12,21-24H2,1-6H3/t29-,30+. The number of aromatic hydroxyl groups is 2. The molecule has 0 amide bonds. The van der Waals surface area contributed by atoms with Crippen LogP contribution in [-0.4, -0.2) is 72.5 Å². The van der Waals surface area contributed by atoms with Crippen molar-refractivity contribution in [1.82, 2.24) is 9.80 Å². The Bertz CT molecular complexity index is 792. The maximum atomic E-state index is 10.1. The molecule has 2 atom stereocenters. The third-order valence-corrected chi connectivity index (χ3v) is 7.62. The van der Waals surface area contributed by atoms with Gasteiger partial charge in [0.1, 0.15) is 22.7 Å². The molecule has 2 aromatic carbocycles. The van der Waals surface area contributed by atoms with Crippen LogP contribution in [0.1, 0.15) is 65.5 Å². The van der Waals surface area contributed by atoms with Crippen molar-refractivity contribution in [3.63, 3.8) is 0 Å². The van der Waals surface area contributed by atoms with Gasteiger partial charge >= 0.3 is 0 Å². The van der Waals surface area contributed by atoms with Gasteiger partial charge in [-0.15, -0.1) is 0 Å². The predicted octanol–water partition coefficient (Wildman–Crippen LogP) is 5.73. The van der Waals surface area contributed by atoms with E-state index in [0.29, 0.717) is 26.1 Å². The van der Waals surface area contributed by atoms with Crippen molar-refractivity contribution in [2.75, 3.05) is 52.5 Å². The lowest BCUT2D eigenvalue weighted by molar-refractivity contribution is -0.230. The van der Waals surface area contributed by atoms with Gasteiger partial charge in [-0.2, -0.15) is 0 Å². The predicted molar refractivity (Wildman–Crippen MR) is 148 cm³/mol. The van der Waals surface area contributed by atoms with Gasteiger partial charge in [-0.25, -0.2) is 0 Å². The molecule has 0 bridgehead atoms. The molecule has 0 aliphatic rings. The first-order chi connectivity index (χ1) is 17.4. The Morgan fingerprint density at radius 3 is 1.11 bits per heavy atom. The van der Waals surface area contributed by atoms with E-state index < -0.39 is 11.2 Å². The van der Waals surface area contributed by atoms with Gasteiger partial charge in [0.05, 0.1) is 13.2 Å². The number of rotatable bonds is 17. The first-order valence-electron chi connectivity index (χ1n) is 13.7. The molecule has 36 heavy (non-hydrogen) atoms. The van der Waals surface area contributed by atoms with Crippen LogP contribution >= 0.6 is 0 Å². The summed E-state index contributed by atoms with van der Waals surface area (Å²) in [6.45, 7) is 19.6. The summed E-state index contributed by atoms with van der Waals surface area (Å²) in [6, 6.07) is 14.7. The molecule has 0 heterocycles. The lowest BCUT2D eigenvalue weighted by atomic mass is 9.69. The van der Waals surface area contributed by atoms with E-state index in [0.717, 1.165) is 50.4 Å². The number of benzene rings is 2. The van der Waals surface area contributed by atoms with Crippen LogP contribution in [0.3, 0.4) is 0 Å². The second-order valence-corrected chi connectivity index (χ2v) is 9.21. The summed E-state index contributed by atoms with van der Waals surface area (Å²) < 4.78 is 13.9. The van der Waals surface area contributed by atoms with Crippen LogP contribution in [0.5, 0.6) is 11.5 Å². The van der Waals surface area contributed by atoms with E-state index >= 15 is 0 Å². The molecule has 0 spiro atoms. The molecule has 202 valence electrons. The Morgan fingerprint density at radius 1 is 0.556 bits per heavy atom. The van der Waals surface area contributed by atoms with Crippen LogP contribution in [0.2, 0.25) is 0 Å². The molecule has 6 nitrogen and oxygen atoms in total. The average Bonchev–Trinajstić information content (AvgIpc) is 2.91. The highest BCUT2D eigenvalue weighted by Gasteiger charge is 2.54. The van der Waals surface area contributed by atoms with Crippen molar-refractivity contribution in [3.05, 3.63) is 59.7 Å². The van der Waals surface area contributed by atoms with E-state index in [2.05, 4.69) is 51.3 Å². The summed E-state index contributed by atoms with van der Waals surface area (Å²) in [6.07, 6.45) is 1.35. The van der Waals surface area contributed by atoms with E-state index in [9.17, 15) is 10.2 Å². The molecule has 0 aliphatic carbocycles. The molecule has 6 heteroatoms. The number of likely N-dealkylation sites (N-methyl/N-ethyl adjacent to an activating group) is 2. The number of phenolic OH excluding ortho intramolecular Hbond substituents is 2. The number of ether oxygens (including phenoxy) is 2. The van der Waals surface area contributed by atoms with E-state index in [1.165, 1.54) is 0 Å². The van der Waals surface area contributed by atoms with E-state index in [-0.39, 0.29) is 11.5 Å². The molecule has 0 fully saturated rings. The highest BCUT2D eigenvalue weighted by atomic mass is 16.6. The van der Waals surface area contributed by atoms with Gasteiger partial charge in [-0.3, -0.25) is 0 Å². The largest absolute Gasteiger partial charge is 0.508 e. The lowest BCUT2D eigenvalue weighted by Crippen LogP contribution is -2.54. The molecule has 0 radical (unpaired) electrons. The van der Waals surface area contributed by atoms with E-state index in [1.807, 2.05) is 24.3 Å². The van der Waals surface area contributed by atoms with Crippen LogP contribution in [0, 0.1) is 0 Å². The zero-order chi connectivity index (χ0) is 26.6. The van der Waals surface area contributed by atoms with Crippen molar-refractivity contribution in [3.8, 4) is 11.5 Å². The highest BCUT2D eigenvalue weighted by molar-refractivity contribution is 5.39. The molecule has 2 N–H and O–H groups in total. The Balaban J connectivity index is 2.64. The normalized spacial score (nSPS) is 15.2. The number of hydrogen-bond donors (Lipinski definition) is 2. The van der Waals surface area contributed by atoms with Crippen LogP contribution in [-0.2, 0) is 20.7 Å². The zero-order valence-corrected chi connectivity index (χ0v) is 23.3. The summed E-state index contributed by atoms with van der Waals surface area (Å²) in [4.78, 5) is 4.71. The van der Waals surface area contributed by atoms with Gasteiger partial charge in [-0.1, -0.05) is 65.8 Å². The third kappa shape index (κ3) is 6.80. The summed E-state index contributed by atoms with van der Waals surface area (Å²) in [5.41, 5.74) is 0.339. The minimum absolute atomic E-state index is 0.223. The molecule has 2 aromatic rings. The van der Waals surface area contributed by atoms with E-state index in [4.69, 9.17) is 9.47 Å². The highest BCUT2D eigenvalue weighted by Crippen LogP contribution is 2.51. The second kappa shape index (κ2) is 14.6.